The second-order valence-electron chi connectivity index (χ2n) is 6.55. The molecular formula is C17H26N2O4S. The maximum absolute atomic E-state index is 12.1. The monoisotopic (exact) mass is 354 g/mol. The molecule has 6 nitrogen and oxygen atoms in total. The minimum Gasteiger partial charge on any atom is -0.395 e. The number of hydrogen-bond acceptors (Lipinski definition) is 6. The van der Waals surface area contributed by atoms with Gasteiger partial charge in [0.25, 0.3) is 0 Å². The summed E-state index contributed by atoms with van der Waals surface area (Å²) in [4.78, 5) is 4.37. The van der Waals surface area contributed by atoms with Gasteiger partial charge in [-0.25, -0.2) is 8.42 Å². The zero-order chi connectivity index (χ0) is 17.0. The van der Waals surface area contributed by atoms with Gasteiger partial charge in [-0.1, -0.05) is 30.3 Å². The third kappa shape index (κ3) is 4.34. The molecule has 0 saturated carbocycles. The highest BCUT2D eigenvalue weighted by atomic mass is 32.2. The first-order chi connectivity index (χ1) is 11.6. The second-order valence-corrected chi connectivity index (χ2v) is 8.70. The lowest BCUT2D eigenvalue weighted by atomic mass is 10.0. The first-order valence-electron chi connectivity index (χ1n) is 8.50. The Morgan fingerprint density at radius 2 is 1.67 bits per heavy atom. The van der Waals surface area contributed by atoms with Crippen molar-refractivity contribution < 1.29 is 18.3 Å². The van der Waals surface area contributed by atoms with Crippen LogP contribution < -0.4 is 0 Å². The molecule has 2 aliphatic rings. The van der Waals surface area contributed by atoms with Crippen molar-refractivity contribution in [3.8, 4) is 0 Å². The van der Waals surface area contributed by atoms with Crippen molar-refractivity contribution in [1.29, 1.82) is 0 Å². The van der Waals surface area contributed by atoms with Gasteiger partial charge in [-0.15, -0.1) is 0 Å². The van der Waals surface area contributed by atoms with Crippen LogP contribution in [0, 0.1) is 0 Å². The summed E-state index contributed by atoms with van der Waals surface area (Å²) in [6.07, 6.45) is 0. The number of benzene rings is 1. The summed E-state index contributed by atoms with van der Waals surface area (Å²) in [7, 11) is -2.99. The van der Waals surface area contributed by atoms with Crippen LogP contribution in [0.15, 0.2) is 30.3 Å². The van der Waals surface area contributed by atoms with Crippen LogP contribution in [0.25, 0.3) is 0 Å². The van der Waals surface area contributed by atoms with Crippen LogP contribution in [0.3, 0.4) is 0 Å². The van der Waals surface area contributed by atoms with E-state index in [4.69, 9.17) is 4.74 Å². The van der Waals surface area contributed by atoms with Crippen LogP contribution in [0.2, 0.25) is 0 Å². The Morgan fingerprint density at radius 3 is 2.29 bits per heavy atom. The molecule has 134 valence electrons. The number of β-amino-alcohol motifs (C(OH)–C–C–N with tert-alkyl or cyclic N) is 1. The maximum atomic E-state index is 12.1. The number of fused-ring (bicyclic) bond motifs is 1. The van der Waals surface area contributed by atoms with Crippen molar-refractivity contribution in [2.45, 2.75) is 18.7 Å². The van der Waals surface area contributed by atoms with Crippen LogP contribution in [-0.2, 0) is 21.2 Å². The van der Waals surface area contributed by atoms with E-state index in [-0.39, 0.29) is 30.2 Å². The topological polar surface area (TPSA) is 70.1 Å². The number of ether oxygens (including phenoxy) is 1. The molecule has 1 N–H and O–H groups in total. The first-order valence-corrected chi connectivity index (χ1v) is 10.3. The molecule has 0 aliphatic carbocycles. The molecule has 7 heteroatoms. The second kappa shape index (κ2) is 7.93. The quantitative estimate of drug-likeness (QED) is 0.694. The van der Waals surface area contributed by atoms with Crippen LogP contribution in [-0.4, -0.2) is 86.3 Å². The molecular weight excluding hydrogens is 328 g/mol. The fourth-order valence-corrected chi connectivity index (χ4v) is 5.77. The van der Waals surface area contributed by atoms with Crippen molar-refractivity contribution >= 4 is 9.84 Å². The molecule has 1 aromatic rings. The van der Waals surface area contributed by atoms with E-state index in [0.29, 0.717) is 19.8 Å². The number of sulfone groups is 1. The van der Waals surface area contributed by atoms with Gasteiger partial charge in [-0.05, 0) is 5.56 Å². The Morgan fingerprint density at radius 1 is 1.04 bits per heavy atom. The molecule has 0 radical (unpaired) electrons. The third-order valence-corrected chi connectivity index (χ3v) is 6.63. The van der Waals surface area contributed by atoms with Crippen molar-refractivity contribution in [2.24, 2.45) is 0 Å². The van der Waals surface area contributed by atoms with Crippen molar-refractivity contribution in [3.05, 3.63) is 35.9 Å². The molecule has 0 amide bonds. The van der Waals surface area contributed by atoms with Gasteiger partial charge in [0.05, 0.1) is 31.3 Å². The first kappa shape index (κ1) is 17.8. The van der Waals surface area contributed by atoms with E-state index in [0.717, 1.165) is 25.2 Å². The summed E-state index contributed by atoms with van der Waals surface area (Å²) in [5, 5.41) is 9.19. The molecule has 2 atom stereocenters. The number of aliphatic hydroxyl groups is 1. The Kier molecular flexibility index (Phi) is 5.89. The predicted molar refractivity (Wildman–Crippen MR) is 92.6 cm³/mol. The highest BCUT2D eigenvalue weighted by Gasteiger charge is 2.45. The normalized spacial score (nSPS) is 27.2. The summed E-state index contributed by atoms with van der Waals surface area (Å²) in [6, 6.07) is 10.1. The number of rotatable bonds is 7. The van der Waals surface area contributed by atoms with Crippen LogP contribution in [0.1, 0.15) is 5.56 Å². The minimum absolute atomic E-state index is 0.00465. The van der Waals surface area contributed by atoms with Gasteiger partial charge >= 0.3 is 0 Å². The molecule has 0 bridgehead atoms. The fourth-order valence-electron chi connectivity index (χ4n) is 3.73. The molecule has 2 saturated heterocycles. The number of nitrogens with zero attached hydrogens (tertiary/aromatic N) is 2. The molecule has 3 rings (SSSR count). The zero-order valence-corrected chi connectivity index (χ0v) is 14.7. The SMILES string of the molecule is O=S1(=O)C[C@@H]2[C@H](C1)N(CCOCc1ccccc1)CCN2CCO. The summed E-state index contributed by atoms with van der Waals surface area (Å²) < 4.78 is 29.9. The lowest BCUT2D eigenvalue weighted by Gasteiger charge is -2.43. The summed E-state index contributed by atoms with van der Waals surface area (Å²) in [5.74, 6) is 0.428. The molecule has 2 heterocycles. The molecule has 0 aromatic heterocycles. The van der Waals surface area contributed by atoms with Crippen LogP contribution in [0.5, 0.6) is 0 Å². The standard InChI is InChI=1S/C17H26N2O4S/c20-10-8-18-6-7-19(17-14-24(21,22)13-16(17)18)9-11-23-12-15-4-2-1-3-5-15/h1-5,16-17,20H,6-14H2/t16-,17+/m1/s1. The maximum Gasteiger partial charge on any atom is 0.153 e. The van der Waals surface area contributed by atoms with Gasteiger partial charge in [0.2, 0.25) is 0 Å². The van der Waals surface area contributed by atoms with Gasteiger partial charge in [0.15, 0.2) is 9.84 Å². The molecule has 0 spiro atoms. The number of piperazine rings is 1. The molecule has 2 aliphatic heterocycles. The highest BCUT2D eigenvalue weighted by Crippen LogP contribution is 2.26. The minimum atomic E-state index is -2.99. The molecule has 24 heavy (non-hydrogen) atoms. The molecule has 2 fully saturated rings. The summed E-state index contributed by atoms with van der Waals surface area (Å²) >= 11 is 0. The van der Waals surface area contributed by atoms with E-state index in [1.165, 1.54) is 0 Å². The average Bonchev–Trinajstić information content (AvgIpc) is 2.90. The fraction of sp³-hybridized carbons (Fsp3) is 0.647. The Labute approximate surface area is 143 Å². The molecule has 0 unspecified atom stereocenters. The van der Waals surface area contributed by atoms with Gasteiger partial charge in [0, 0.05) is 38.3 Å². The Balaban J connectivity index is 1.52. The van der Waals surface area contributed by atoms with Gasteiger partial charge < -0.3 is 9.84 Å². The Bertz CT molecular complexity index is 623. The van der Waals surface area contributed by atoms with E-state index < -0.39 is 9.84 Å². The van der Waals surface area contributed by atoms with E-state index >= 15 is 0 Å². The smallest absolute Gasteiger partial charge is 0.153 e. The average molecular weight is 354 g/mol. The molecule has 1 aromatic carbocycles. The predicted octanol–water partition coefficient (Wildman–Crippen LogP) is -0.0213. The van der Waals surface area contributed by atoms with E-state index in [1.807, 2.05) is 30.3 Å². The van der Waals surface area contributed by atoms with Crippen molar-refractivity contribution in [2.75, 3.05) is 50.9 Å². The highest BCUT2D eigenvalue weighted by molar-refractivity contribution is 7.91. The van der Waals surface area contributed by atoms with Crippen LogP contribution >= 0.6 is 0 Å². The van der Waals surface area contributed by atoms with Crippen molar-refractivity contribution in [3.63, 3.8) is 0 Å². The number of hydrogen-bond donors (Lipinski definition) is 1. The van der Waals surface area contributed by atoms with Gasteiger partial charge in [0.1, 0.15) is 0 Å². The van der Waals surface area contributed by atoms with E-state index in [2.05, 4.69) is 9.80 Å². The zero-order valence-electron chi connectivity index (χ0n) is 13.9. The largest absolute Gasteiger partial charge is 0.395 e. The van der Waals surface area contributed by atoms with Crippen LogP contribution in [0.4, 0.5) is 0 Å². The Hall–Kier alpha value is -0.990. The summed E-state index contributed by atoms with van der Waals surface area (Å²) in [6.45, 7) is 4.17. The lowest BCUT2D eigenvalue weighted by Crippen LogP contribution is -2.60. The van der Waals surface area contributed by atoms with E-state index in [9.17, 15) is 13.5 Å². The van der Waals surface area contributed by atoms with Gasteiger partial charge in [-0.2, -0.15) is 0 Å². The van der Waals surface area contributed by atoms with Crippen molar-refractivity contribution in [1.82, 2.24) is 9.80 Å². The van der Waals surface area contributed by atoms with Gasteiger partial charge in [-0.3, -0.25) is 9.80 Å². The third-order valence-electron chi connectivity index (χ3n) is 4.93. The van der Waals surface area contributed by atoms with E-state index in [1.54, 1.807) is 0 Å². The summed E-state index contributed by atoms with van der Waals surface area (Å²) in [5.41, 5.74) is 1.14. The lowest BCUT2D eigenvalue weighted by molar-refractivity contribution is 0.0127. The number of aliphatic hydroxyl groups excluding tert-OH is 1.